The van der Waals surface area contributed by atoms with Gasteiger partial charge >= 0.3 is 0 Å². The fourth-order valence-corrected chi connectivity index (χ4v) is 2.03. The molecule has 3 nitrogen and oxygen atoms in total. The molecule has 0 saturated carbocycles. The van der Waals surface area contributed by atoms with Crippen molar-refractivity contribution in [2.24, 2.45) is 5.73 Å². The Morgan fingerprint density at radius 1 is 1.24 bits per heavy atom. The minimum atomic E-state index is -0.629. The summed E-state index contributed by atoms with van der Waals surface area (Å²) in [4.78, 5) is 12.4. The third-order valence-corrected chi connectivity index (χ3v) is 3.22. The van der Waals surface area contributed by atoms with E-state index in [0.717, 1.165) is 11.6 Å². The van der Waals surface area contributed by atoms with Gasteiger partial charge in [0.15, 0.2) is 0 Å². The van der Waals surface area contributed by atoms with Gasteiger partial charge < -0.3 is 11.1 Å². The van der Waals surface area contributed by atoms with Crippen LogP contribution in [0.4, 0.5) is 10.1 Å². The third-order valence-electron chi connectivity index (χ3n) is 2.77. The Bertz CT molecular complexity index is 689. The van der Waals surface area contributed by atoms with Crippen molar-refractivity contribution in [3.63, 3.8) is 0 Å². The van der Waals surface area contributed by atoms with Crippen molar-refractivity contribution in [3.05, 3.63) is 64.4 Å². The van der Waals surface area contributed by atoms with E-state index in [2.05, 4.69) is 5.32 Å². The average molecular weight is 323 g/mol. The first-order valence-electron chi connectivity index (χ1n) is 6.09. The van der Waals surface area contributed by atoms with Crippen LogP contribution in [-0.4, -0.2) is 10.9 Å². The van der Waals surface area contributed by atoms with Crippen LogP contribution in [0.25, 0.3) is 0 Å². The van der Waals surface area contributed by atoms with Crippen molar-refractivity contribution in [1.82, 2.24) is 0 Å². The molecule has 0 saturated heterocycles. The molecule has 0 aliphatic rings. The van der Waals surface area contributed by atoms with Crippen molar-refractivity contribution < 1.29 is 9.18 Å². The molecule has 0 atom stereocenters. The van der Waals surface area contributed by atoms with Gasteiger partial charge in [-0.1, -0.05) is 36.0 Å². The van der Waals surface area contributed by atoms with Gasteiger partial charge in [0.1, 0.15) is 5.82 Å². The van der Waals surface area contributed by atoms with Gasteiger partial charge in [-0.3, -0.25) is 4.79 Å². The molecule has 1 amide bonds. The SMILES string of the molecule is NC(=S)Cc1ccc(NC(=O)c2ccc(Cl)c(F)c2)cc1. The highest BCUT2D eigenvalue weighted by Gasteiger charge is 2.09. The number of nitrogens with one attached hydrogen (secondary N) is 1. The second-order valence-electron chi connectivity index (χ2n) is 4.42. The predicted octanol–water partition coefficient (Wildman–Crippen LogP) is 3.56. The summed E-state index contributed by atoms with van der Waals surface area (Å²) in [6, 6.07) is 11.0. The highest BCUT2D eigenvalue weighted by Crippen LogP contribution is 2.17. The molecule has 0 aliphatic heterocycles. The molecule has 2 rings (SSSR count). The first-order valence-corrected chi connectivity index (χ1v) is 6.88. The van der Waals surface area contributed by atoms with Gasteiger partial charge in [-0.2, -0.15) is 0 Å². The summed E-state index contributed by atoms with van der Waals surface area (Å²) in [5.41, 5.74) is 7.21. The number of nitrogens with two attached hydrogens (primary N) is 1. The number of anilines is 1. The highest BCUT2D eigenvalue weighted by molar-refractivity contribution is 7.80. The number of hydrogen-bond acceptors (Lipinski definition) is 2. The van der Waals surface area contributed by atoms with Gasteiger partial charge in [0.05, 0.1) is 10.0 Å². The van der Waals surface area contributed by atoms with E-state index in [1.54, 1.807) is 12.1 Å². The van der Waals surface area contributed by atoms with E-state index in [0.29, 0.717) is 17.1 Å². The Morgan fingerprint density at radius 2 is 1.90 bits per heavy atom. The molecular formula is C15H12ClFN2OS. The van der Waals surface area contributed by atoms with Crippen molar-refractivity contribution in [2.75, 3.05) is 5.32 Å². The first kappa shape index (κ1) is 15.4. The predicted molar refractivity (Wildman–Crippen MR) is 86.3 cm³/mol. The van der Waals surface area contributed by atoms with Crippen LogP contribution in [0.15, 0.2) is 42.5 Å². The normalized spacial score (nSPS) is 10.2. The molecule has 0 aliphatic carbocycles. The molecule has 0 spiro atoms. The van der Waals surface area contributed by atoms with Crippen LogP contribution in [0.2, 0.25) is 5.02 Å². The van der Waals surface area contributed by atoms with Crippen molar-refractivity contribution in [2.45, 2.75) is 6.42 Å². The molecule has 0 radical (unpaired) electrons. The van der Waals surface area contributed by atoms with Crippen LogP contribution in [0.3, 0.4) is 0 Å². The zero-order valence-corrected chi connectivity index (χ0v) is 12.5. The summed E-state index contributed by atoms with van der Waals surface area (Å²) in [5.74, 6) is -1.04. The third kappa shape index (κ3) is 4.24. The van der Waals surface area contributed by atoms with E-state index in [1.807, 2.05) is 12.1 Å². The molecule has 0 bridgehead atoms. The number of thiocarbonyl (C=S) groups is 1. The molecule has 0 fully saturated rings. The van der Waals surface area contributed by atoms with Crippen molar-refractivity contribution in [3.8, 4) is 0 Å². The smallest absolute Gasteiger partial charge is 0.255 e. The number of rotatable bonds is 4. The van der Waals surface area contributed by atoms with E-state index in [4.69, 9.17) is 29.6 Å². The van der Waals surface area contributed by atoms with Crippen LogP contribution in [0.1, 0.15) is 15.9 Å². The number of carbonyl (C=O) groups excluding carboxylic acids is 1. The van der Waals surface area contributed by atoms with Crippen molar-refractivity contribution in [1.29, 1.82) is 0 Å². The average Bonchev–Trinajstić information content (AvgIpc) is 2.43. The summed E-state index contributed by atoms with van der Waals surface area (Å²) in [6.45, 7) is 0. The number of amides is 1. The molecule has 3 N–H and O–H groups in total. The minimum Gasteiger partial charge on any atom is -0.393 e. The Kier molecular flexibility index (Phi) is 4.88. The Morgan fingerprint density at radius 3 is 2.48 bits per heavy atom. The molecule has 0 aromatic heterocycles. The molecule has 21 heavy (non-hydrogen) atoms. The Balaban J connectivity index is 2.08. The Labute approximate surface area is 131 Å². The lowest BCUT2D eigenvalue weighted by Gasteiger charge is -2.07. The summed E-state index contributed by atoms with van der Waals surface area (Å²) in [6.07, 6.45) is 0.506. The summed E-state index contributed by atoms with van der Waals surface area (Å²) in [5, 5.41) is 2.65. The fourth-order valence-electron chi connectivity index (χ4n) is 1.75. The zero-order valence-electron chi connectivity index (χ0n) is 10.9. The van der Waals surface area contributed by atoms with Gasteiger partial charge in [-0.25, -0.2) is 4.39 Å². The van der Waals surface area contributed by atoms with Crippen LogP contribution in [0.5, 0.6) is 0 Å². The van der Waals surface area contributed by atoms with Crippen LogP contribution in [-0.2, 0) is 6.42 Å². The lowest BCUT2D eigenvalue weighted by molar-refractivity contribution is 0.102. The van der Waals surface area contributed by atoms with E-state index in [-0.39, 0.29) is 10.6 Å². The van der Waals surface area contributed by atoms with Crippen LogP contribution < -0.4 is 11.1 Å². The van der Waals surface area contributed by atoms with Crippen LogP contribution in [0, 0.1) is 5.82 Å². The van der Waals surface area contributed by atoms with E-state index in [1.165, 1.54) is 12.1 Å². The maximum Gasteiger partial charge on any atom is 0.255 e. The lowest BCUT2D eigenvalue weighted by Crippen LogP contribution is -2.13. The second kappa shape index (κ2) is 6.65. The molecule has 2 aromatic rings. The van der Waals surface area contributed by atoms with E-state index < -0.39 is 11.7 Å². The summed E-state index contributed by atoms with van der Waals surface area (Å²) >= 11 is 10.4. The molecule has 0 heterocycles. The number of halogens is 2. The molecule has 108 valence electrons. The second-order valence-corrected chi connectivity index (χ2v) is 5.35. The van der Waals surface area contributed by atoms with Crippen molar-refractivity contribution >= 4 is 40.4 Å². The maximum absolute atomic E-state index is 13.3. The molecule has 0 unspecified atom stereocenters. The van der Waals surface area contributed by atoms with Gasteiger partial charge in [0.2, 0.25) is 0 Å². The van der Waals surface area contributed by atoms with E-state index >= 15 is 0 Å². The number of hydrogen-bond donors (Lipinski definition) is 2. The zero-order chi connectivity index (χ0) is 15.4. The van der Waals surface area contributed by atoms with Gasteiger partial charge in [-0.15, -0.1) is 0 Å². The lowest BCUT2D eigenvalue weighted by atomic mass is 10.1. The monoisotopic (exact) mass is 322 g/mol. The Hall–Kier alpha value is -1.98. The summed E-state index contributed by atoms with van der Waals surface area (Å²) in [7, 11) is 0. The van der Waals surface area contributed by atoms with Gasteiger partial charge in [0, 0.05) is 17.7 Å². The largest absolute Gasteiger partial charge is 0.393 e. The van der Waals surface area contributed by atoms with Crippen LogP contribution >= 0.6 is 23.8 Å². The van der Waals surface area contributed by atoms with Gasteiger partial charge in [-0.05, 0) is 35.9 Å². The number of carbonyl (C=O) groups is 1. The van der Waals surface area contributed by atoms with Gasteiger partial charge in [0.25, 0.3) is 5.91 Å². The number of benzene rings is 2. The minimum absolute atomic E-state index is 0.0198. The highest BCUT2D eigenvalue weighted by atomic mass is 35.5. The topological polar surface area (TPSA) is 55.1 Å². The fraction of sp³-hybridized carbons (Fsp3) is 0.0667. The molecule has 6 heteroatoms. The van der Waals surface area contributed by atoms with E-state index in [9.17, 15) is 9.18 Å². The maximum atomic E-state index is 13.3. The first-order chi connectivity index (χ1) is 9.95. The summed E-state index contributed by atoms with van der Waals surface area (Å²) < 4.78 is 13.3. The molecule has 2 aromatic carbocycles. The quantitative estimate of drug-likeness (QED) is 0.846. The standard InChI is InChI=1S/C15H12ClFN2OS/c16-12-6-3-10(8-13(12)17)15(20)19-11-4-1-9(2-5-11)7-14(18)21/h1-6,8H,7H2,(H2,18,21)(H,19,20). The molecular weight excluding hydrogens is 311 g/mol.